The van der Waals surface area contributed by atoms with E-state index in [1.54, 1.807) is 20.4 Å². The second-order valence-electron chi connectivity index (χ2n) is 8.80. The molecule has 12 nitrogen and oxygen atoms in total. The molecular weight excluding hydrogens is 540 g/mol. The van der Waals surface area contributed by atoms with E-state index in [-0.39, 0.29) is 18.1 Å². The SMILES string of the molecule is CCOc1cc2c(cc1OC)C(c1ccc(OC)nc1)=N[C@@H]1CC[C@@H](O)C[C@H]21.O=S(=O)(O)CCS(=O)(=O)O. The highest BCUT2D eigenvalue weighted by Crippen LogP contribution is 2.45. The molecule has 0 spiro atoms. The largest absolute Gasteiger partial charge is 0.493 e. The zero-order chi connectivity index (χ0) is 28.1. The molecule has 0 amide bonds. The first-order chi connectivity index (χ1) is 17.8. The summed E-state index contributed by atoms with van der Waals surface area (Å²) in [6, 6.07) is 8.05. The number of hydrogen-bond donors (Lipinski definition) is 3. The van der Waals surface area contributed by atoms with Crippen molar-refractivity contribution < 1.29 is 45.3 Å². The molecule has 3 N–H and O–H groups in total. The lowest BCUT2D eigenvalue weighted by Crippen LogP contribution is -2.34. The number of aromatic nitrogens is 1. The van der Waals surface area contributed by atoms with Gasteiger partial charge in [-0.3, -0.25) is 14.1 Å². The predicted molar refractivity (Wildman–Crippen MR) is 140 cm³/mol. The van der Waals surface area contributed by atoms with Crippen LogP contribution in [0.1, 0.15) is 48.8 Å². The lowest BCUT2D eigenvalue weighted by molar-refractivity contribution is 0.111. The van der Waals surface area contributed by atoms with Gasteiger partial charge in [0.1, 0.15) is 0 Å². The molecule has 1 fully saturated rings. The van der Waals surface area contributed by atoms with Crippen LogP contribution in [0.15, 0.2) is 35.5 Å². The van der Waals surface area contributed by atoms with Crippen molar-refractivity contribution in [3.05, 3.63) is 47.2 Å². The van der Waals surface area contributed by atoms with E-state index < -0.39 is 31.7 Å². The third-order valence-electron chi connectivity index (χ3n) is 6.19. The van der Waals surface area contributed by atoms with Gasteiger partial charge in [0.25, 0.3) is 20.2 Å². The highest BCUT2D eigenvalue weighted by molar-refractivity contribution is 7.89. The minimum absolute atomic E-state index is 0.149. The molecule has 4 rings (SSSR count). The van der Waals surface area contributed by atoms with Gasteiger partial charge < -0.3 is 19.3 Å². The quantitative estimate of drug-likeness (QED) is 0.394. The summed E-state index contributed by atoms with van der Waals surface area (Å²) < 4.78 is 72.0. The zero-order valence-electron chi connectivity index (χ0n) is 21.3. The van der Waals surface area contributed by atoms with E-state index in [1.165, 1.54) is 0 Å². The molecule has 0 bridgehead atoms. The van der Waals surface area contributed by atoms with Crippen LogP contribution in [0.5, 0.6) is 17.4 Å². The molecule has 1 saturated carbocycles. The standard InChI is InChI=1S/C22H26N2O4.C2H6O6S2/c1-4-28-20-10-15-16-9-14(25)6-7-18(16)24-22(17(15)11-19(20)26-2)13-5-8-21(27-3)23-12-13;3-9(4,5)1-2-10(6,7)8/h5,8,10-12,14,16,18,25H,4,6-7,9H2,1-3H3;1-2H2,(H,3,4,5)(H,6,7,8)/t14-,16-,18-;/m1./s1. The molecule has 3 atom stereocenters. The number of nitrogens with zero attached hydrogens (tertiary/aromatic N) is 2. The molecule has 0 unspecified atom stereocenters. The van der Waals surface area contributed by atoms with Crippen LogP contribution >= 0.6 is 0 Å². The third kappa shape index (κ3) is 7.86. The summed E-state index contributed by atoms with van der Waals surface area (Å²) in [6.45, 7) is 2.52. The Morgan fingerprint density at radius 1 is 0.974 bits per heavy atom. The fourth-order valence-corrected chi connectivity index (χ4v) is 6.14. The van der Waals surface area contributed by atoms with Gasteiger partial charge in [-0.15, -0.1) is 0 Å². The maximum absolute atomic E-state index is 10.3. The molecule has 1 aromatic carbocycles. The first-order valence-electron chi connectivity index (χ1n) is 11.9. The van der Waals surface area contributed by atoms with Crippen molar-refractivity contribution in [3.63, 3.8) is 0 Å². The Bertz CT molecular complexity index is 1330. The summed E-state index contributed by atoms with van der Waals surface area (Å²) in [5.74, 6) is 0.209. The number of hydrogen-bond acceptors (Lipinski definition) is 10. The van der Waals surface area contributed by atoms with Crippen LogP contribution in [-0.4, -0.2) is 86.2 Å². The van der Waals surface area contributed by atoms with Gasteiger partial charge in [0.15, 0.2) is 11.5 Å². The Labute approximate surface area is 222 Å². The summed E-state index contributed by atoms with van der Waals surface area (Å²) in [4.78, 5) is 9.44. The Kier molecular flexibility index (Phi) is 9.70. The highest BCUT2D eigenvalue weighted by atomic mass is 32.2. The van der Waals surface area contributed by atoms with Crippen LogP contribution in [0.4, 0.5) is 0 Å². The van der Waals surface area contributed by atoms with Crippen LogP contribution in [0.3, 0.4) is 0 Å². The third-order valence-corrected chi connectivity index (χ3v) is 7.89. The average Bonchev–Trinajstić information content (AvgIpc) is 2.87. The normalized spacial score (nSPS) is 20.7. The van der Waals surface area contributed by atoms with E-state index in [9.17, 15) is 21.9 Å². The van der Waals surface area contributed by atoms with Crippen molar-refractivity contribution in [2.24, 2.45) is 4.99 Å². The maximum atomic E-state index is 10.3. The van der Waals surface area contributed by atoms with E-state index in [4.69, 9.17) is 28.3 Å². The number of pyridine rings is 1. The van der Waals surface area contributed by atoms with Crippen LogP contribution in [0.2, 0.25) is 0 Å². The second kappa shape index (κ2) is 12.4. The summed E-state index contributed by atoms with van der Waals surface area (Å²) in [7, 11) is -5.34. The molecule has 2 aromatic rings. The van der Waals surface area contributed by atoms with E-state index in [0.29, 0.717) is 24.7 Å². The Morgan fingerprint density at radius 2 is 1.66 bits per heavy atom. The van der Waals surface area contributed by atoms with Gasteiger partial charge in [-0.25, -0.2) is 4.98 Å². The molecule has 1 aliphatic carbocycles. The smallest absolute Gasteiger partial charge is 0.265 e. The number of ether oxygens (including phenoxy) is 3. The van der Waals surface area contributed by atoms with E-state index in [2.05, 4.69) is 11.1 Å². The van der Waals surface area contributed by atoms with Crippen molar-refractivity contribution in [3.8, 4) is 17.4 Å². The lowest BCUT2D eigenvalue weighted by atomic mass is 9.74. The molecule has 14 heteroatoms. The summed E-state index contributed by atoms with van der Waals surface area (Å²) in [6.07, 6.45) is 3.87. The van der Waals surface area contributed by atoms with Crippen LogP contribution < -0.4 is 14.2 Å². The Balaban J connectivity index is 0.000000342. The molecule has 38 heavy (non-hydrogen) atoms. The number of aliphatic hydroxyl groups is 1. The average molecular weight is 573 g/mol. The van der Waals surface area contributed by atoms with Crippen LogP contribution in [0, 0.1) is 0 Å². The first kappa shape index (κ1) is 29.8. The number of benzene rings is 1. The maximum Gasteiger partial charge on any atom is 0.265 e. The van der Waals surface area contributed by atoms with Crippen molar-refractivity contribution in [2.45, 2.75) is 44.2 Å². The van der Waals surface area contributed by atoms with Crippen LogP contribution in [-0.2, 0) is 20.2 Å². The van der Waals surface area contributed by atoms with Gasteiger partial charge in [-0.1, -0.05) is 0 Å². The van der Waals surface area contributed by atoms with Crippen molar-refractivity contribution in [1.29, 1.82) is 0 Å². The molecule has 210 valence electrons. The number of rotatable bonds is 8. The molecule has 0 saturated heterocycles. The summed E-state index contributed by atoms with van der Waals surface area (Å²) in [5, 5.41) is 10.3. The van der Waals surface area contributed by atoms with E-state index >= 15 is 0 Å². The Morgan fingerprint density at radius 3 is 2.18 bits per heavy atom. The van der Waals surface area contributed by atoms with Gasteiger partial charge >= 0.3 is 0 Å². The molecule has 0 radical (unpaired) electrons. The van der Waals surface area contributed by atoms with Crippen molar-refractivity contribution >= 4 is 25.9 Å². The minimum atomic E-state index is -4.30. The number of fused-ring (bicyclic) bond motifs is 3. The molecular formula is C24H32N2O10S2. The molecule has 1 aromatic heterocycles. The number of methoxy groups -OCH3 is 2. The monoisotopic (exact) mass is 572 g/mol. The fourth-order valence-electron chi connectivity index (χ4n) is 4.45. The predicted octanol–water partition coefficient (Wildman–Crippen LogP) is 2.11. The van der Waals surface area contributed by atoms with Gasteiger partial charge in [0.05, 0.1) is 50.2 Å². The highest BCUT2D eigenvalue weighted by Gasteiger charge is 2.37. The van der Waals surface area contributed by atoms with E-state index in [0.717, 1.165) is 41.0 Å². The van der Waals surface area contributed by atoms with Gasteiger partial charge in [0.2, 0.25) is 5.88 Å². The molecule has 1 aliphatic heterocycles. The number of aliphatic imine (C=N–C) groups is 1. The first-order valence-corrected chi connectivity index (χ1v) is 15.1. The van der Waals surface area contributed by atoms with Gasteiger partial charge in [-0.2, -0.15) is 16.8 Å². The topological polar surface area (TPSA) is 182 Å². The van der Waals surface area contributed by atoms with Crippen LogP contribution in [0.25, 0.3) is 0 Å². The minimum Gasteiger partial charge on any atom is -0.493 e. The lowest BCUT2D eigenvalue weighted by Gasteiger charge is -2.37. The number of aliphatic hydroxyl groups excluding tert-OH is 1. The van der Waals surface area contributed by atoms with Gasteiger partial charge in [-0.05, 0) is 49.9 Å². The fraction of sp³-hybridized carbons (Fsp3) is 0.500. The summed E-state index contributed by atoms with van der Waals surface area (Å²) in [5.41, 5.74) is 4.03. The van der Waals surface area contributed by atoms with E-state index in [1.807, 2.05) is 25.1 Å². The Hall–Kier alpha value is -2.78. The molecule has 2 heterocycles. The van der Waals surface area contributed by atoms with Crippen molar-refractivity contribution in [2.75, 3.05) is 32.3 Å². The second-order valence-corrected chi connectivity index (χ2v) is 11.9. The van der Waals surface area contributed by atoms with Crippen molar-refractivity contribution in [1.82, 2.24) is 4.98 Å². The molecule has 2 aliphatic rings. The zero-order valence-corrected chi connectivity index (χ0v) is 22.9. The van der Waals surface area contributed by atoms with Gasteiger partial charge in [0, 0.05) is 29.3 Å². The summed E-state index contributed by atoms with van der Waals surface area (Å²) >= 11 is 0.